The molecule has 30 heavy (non-hydrogen) atoms. The van der Waals surface area contributed by atoms with Gasteiger partial charge < -0.3 is 9.47 Å². The molecule has 1 heterocycles. The average molecular weight is 411 g/mol. The van der Waals surface area contributed by atoms with E-state index in [4.69, 9.17) is 9.47 Å². The zero-order chi connectivity index (χ0) is 22.3. The zero-order valence-electron chi connectivity index (χ0n) is 18.4. The minimum absolute atomic E-state index is 0.00738. The molecule has 0 N–H and O–H groups in total. The third-order valence-corrected chi connectivity index (χ3v) is 4.80. The van der Waals surface area contributed by atoms with Crippen molar-refractivity contribution in [2.45, 2.75) is 47.5 Å². The Bertz CT molecular complexity index is 906. The molecule has 0 fully saturated rings. The number of ether oxygens (including phenoxy) is 2. The van der Waals surface area contributed by atoms with E-state index in [1.807, 2.05) is 38.1 Å². The van der Waals surface area contributed by atoms with Crippen molar-refractivity contribution in [1.82, 2.24) is 4.90 Å². The first-order valence-electron chi connectivity index (χ1n) is 10.4. The monoisotopic (exact) mass is 410 g/mol. The maximum atomic E-state index is 12.9. The average Bonchev–Trinajstić information content (AvgIpc) is 2.70. The molecule has 2 amide bonds. The van der Waals surface area contributed by atoms with Crippen LogP contribution in [0.25, 0.3) is 6.08 Å². The van der Waals surface area contributed by atoms with E-state index in [2.05, 4.69) is 13.8 Å². The molecule has 1 aliphatic heterocycles. The molecule has 0 saturated heterocycles. The van der Waals surface area contributed by atoms with Crippen molar-refractivity contribution in [3.05, 3.63) is 40.5 Å². The number of amides is 2. The lowest BCUT2D eigenvalue weighted by Crippen LogP contribution is -2.43. The number of benzene rings is 1. The second kappa shape index (κ2) is 10.6. The molecule has 2 rings (SSSR count). The van der Waals surface area contributed by atoms with Crippen molar-refractivity contribution < 1.29 is 19.1 Å². The van der Waals surface area contributed by atoms with Gasteiger partial charge in [0.25, 0.3) is 11.8 Å². The van der Waals surface area contributed by atoms with Crippen molar-refractivity contribution in [3.8, 4) is 17.6 Å². The van der Waals surface area contributed by atoms with Gasteiger partial charge in [0, 0.05) is 12.1 Å². The highest BCUT2D eigenvalue weighted by molar-refractivity contribution is 6.19. The summed E-state index contributed by atoms with van der Waals surface area (Å²) in [5.74, 6) is 0.890. The van der Waals surface area contributed by atoms with E-state index in [0.29, 0.717) is 48.2 Å². The molecule has 6 nitrogen and oxygen atoms in total. The van der Waals surface area contributed by atoms with Crippen LogP contribution in [0.15, 0.2) is 34.9 Å². The van der Waals surface area contributed by atoms with E-state index in [1.54, 1.807) is 13.0 Å². The van der Waals surface area contributed by atoms with Crippen LogP contribution in [0.3, 0.4) is 0 Å². The molecule has 0 radical (unpaired) electrons. The number of hydrogen-bond donors (Lipinski definition) is 0. The Labute approximate surface area is 178 Å². The maximum absolute atomic E-state index is 12.9. The molecule has 0 aromatic heterocycles. The molecule has 6 heteroatoms. The fourth-order valence-electron chi connectivity index (χ4n) is 3.13. The highest BCUT2D eigenvalue weighted by atomic mass is 16.5. The minimum Gasteiger partial charge on any atom is -0.490 e. The summed E-state index contributed by atoms with van der Waals surface area (Å²) in [5, 5.41) is 9.43. The third-order valence-electron chi connectivity index (χ3n) is 4.80. The summed E-state index contributed by atoms with van der Waals surface area (Å²) in [4.78, 5) is 26.5. The first-order valence-corrected chi connectivity index (χ1v) is 10.4. The Balaban J connectivity index is 2.43. The van der Waals surface area contributed by atoms with Crippen molar-refractivity contribution >= 4 is 17.9 Å². The summed E-state index contributed by atoms with van der Waals surface area (Å²) in [6.45, 7) is 11.1. The molecule has 160 valence electrons. The van der Waals surface area contributed by atoms with Crippen LogP contribution in [0.2, 0.25) is 0 Å². The topological polar surface area (TPSA) is 79.6 Å². The Morgan fingerprint density at radius 1 is 1.13 bits per heavy atom. The first kappa shape index (κ1) is 23.2. The minimum atomic E-state index is -0.525. The van der Waals surface area contributed by atoms with Crippen LogP contribution in [0.4, 0.5) is 0 Å². The van der Waals surface area contributed by atoms with Gasteiger partial charge in [-0.2, -0.15) is 5.26 Å². The van der Waals surface area contributed by atoms with Gasteiger partial charge in [-0.25, -0.2) is 0 Å². The van der Waals surface area contributed by atoms with Crippen LogP contribution in [-0.4, -0.2) is 36.5 Å². The lowest BCUT2D eigenvalue weighted by atomic mass is 9.93. The summed E-state index contributed by atoms with van der Waals surface area (Å²) in [6.07, 6.45) is 3.26. The van der Waals surface area contributed by atoms with E-state index < -0.39 is 5.91 Å². The number of rotatable bonds is 9. The van der Waals surface area contributed by atoms with Gasteiger partial charge in [-0.1, -0.05) is 26.8 Å². The highest BCUT2D eigenvalue weighted by Crippen LogP contribution is 2.32. The molecular weight excluding hydrogens is 380 g/mol. The summed E-state index contributed by atoms with van der Waals surface area (Å²) in [7, 11) is 0. The summed E-state index contributed by atoms with van der Waals surface area (Å²) < 4.78 is 11.6. The summed E-state index contributed by atoms with van der Waals surface area (Å²) >= 11 is 0. The number of nitriles is 1. The van der Waals surface area contributed by atoms with Gasteiger partial charge in [-0.15, -0.1) is 0 Å². The van der Waals surface area contributed by atoms with Gasteiger partial charge in [0.2, 0.25) is 0 Å². The molecule has 0 unspecified atom stereocenters. The quantitative estimate of drug-likeness (QED) is 0.442. The van der Waals surface area contributed by atoms with Gasteiger partial charge in [0.1, 0.15) is 11.6 Å². The van der Waals surface area contributed by atoms with Crippen molar-refractivity contribution in [2.75, 3.05) is 19.8 Å². The SMILES string of the molecule is CCCN1C(=O)C(C#N)=C(C)/C(=C\c2ccc(OCCC(C)C)c(OCC)c2)C1=O. The lowest BCUT2D eigenvalue weighted by molar-refractivity contribution is -0.140. The van der Waals surface area contributed by atoms with Gasteiger partial charge in [0.15, 0.2) is 11.5 Å². The largest absolute Gasteiger partial charge is 0.490 e. The Hall–Kier alpha value is -3.07. The fraction of sp³-hybridized carbons (Fsp3) is 0.458. The Morgan fingerprint density at radius 2 is 1.87 bits per heavy atom. The van der Waals surface area contributed by atoms with Gasteiger partial charge in [-0.3, -0.25) is 14.5 Å². The zero-order valence-corrected chi connectivity index (χ0v) is 18.4. The van der Waals surface area contributed by atoms with E-state index >= 15 is 0 Å². The molecule has 0 saturated carbocycles. The third kappa shape index (κ3) is 5.29. The predicted octanol–water partition coefficient (Wildman–Crippen LogP) is 4.51. The standard InChI is InChI=1S/C24H30N2O4/c1-6-11-26-23(27)19(17(5)20(15-25)24(26)28)13-18-8-9-21(22(14-18)29-7-2)30-12-10-16(3)4/h8-9,13-14,16H,6-7,10-12H2,1-5H3/b19-13+. The van der Waals surface area contributed by atoms with Crippen LogP contribution < -0.4 is 9.47 Å². The van der Waals surface area contributed by atoms with E-state index in [9.17, 15) is 14.9 Å². The van der Waals surface area contributed by atoms with Crippen molar-refractivity contribution in [1.29, 1.82) is 5.26 Å². The van der Waals surface area contributed by atoms with E-state index in [0.717, 1.165) is 16.9 Å². The number of imide groups is 1. The number of carbonyl (C=O) groups excluding carboxylic acids is 2. The molecule has 0 aliphatic carbocycles. The van der Waals surface area contributed by atoms with Gasteiger partial charge in [-0.05, 0) is 62.0 Å². The number of carbonyl (C=O) groups is 2. The van der Waals surface area contributed by atoms with Crippen LogP contribution in [-0.2, 0) is 9.59 Å². The van der Waals surface area contributed by atoms with E-state index in [1.165, 1.54) is 0 Å². The molecule has 1 aliphatic rings. The summed E-state index contributed by atoms with van der Waals surface area (Å²) in [6, 6.07) is 7.43. The molecule has 0 atom stereocenters. The van der Waals surface area contributed by atoms with Gasteiger partial charge >= 0.3 is 0 Å². The summed E-state index contributed by atoms with van der Waals surface area (Å²) in [5.41, 5.74) is 1.49. The second-order valence-electron chi connectivity index (χ2n) is 7.60. The number of nitrogens with zero attached hydrogens (tertiary/aromatic N) is 2. The molecule has 0 spiro atoms. The van der Waals surface area contributed by atoms with Crippen LogP contribution in [0, 0.1) is 17.2 Å². The fourth-order valence-corrected chi connectivity index (χ4v) is 3.13. The van der Waals surface area contributed by atoms with Crippen LogP contribution in [0.5, 0.6) is 11.5 Å². The Morgan fingerprint density at radius 3 is 2.47 bits per heavy atom. The normalized spacial score (nSPS) is 15.8. The molecule has 1 aromatic rings. The molecule has 1 aromatic carbocycles. The first-order chi connectivity index (χ1) is 14.3. The van der Waals surface area contributed by atoms with Crippen molar-refractivity contribution in [3.63, 3.8) is 0 Å². The second-order valence-corrected chi connectivity index (χ2v) is 7.60. The molecular formula is C24H30N2O4. The maximum Gasteiger partial charge on any atom is 0.271 e. The Kier molecular flexibility index (Phi) is 8.23. The highest BCUT2D eigenvalue weighted by Gasteiger charge is 2.34. The molecule has 0 bridgehead atoms. The van der Waals surface area contributed by atoms with Crippen molar-refractivity contribution in [2.24, 2.45) is 5.92 Å². The van der Waals surface area contributed by atoms with E-state index in [-0.39, 0.29) is 18.0 Å². The smallest absolute Gasteiger partial charge is 0.271 e. The number of hydrogen-bond acceptors (Lipinski definition) is 5. The van der Waals surface area contributed by atoms with Crippen LogP contribution in [0.1, 0.15) is 53.0 Å². The van der Waals surface area contributed by atoms with Crippen LogP contribution >= 0.6 is 0 Å². The van der Waals surface area contributed by atoms with Gasteiger partial charge in [0.05, 0.1) is 13.2 Å². The lowest BCUT2D eigenvalue weighted by Gasteiger charge is -2.27. The predicted molar refractivity (Wildman–Crippen MR) is 116 cm³/mol.